The summed E-state index contributed by atoms with van der Waals surface area (Å²) in [4.78, 5) is 32.0. The van der Waals surface area contributed by atoms with Gasteiger partial charge in [-0.2, -0.15) is 0 Å². The molecule has 3 heterocycles. The minimum Gasteiger partial charge on any atom is -0.481 e. The molecule has 1 amide bonds. The number of carbonyl (C=O) groups excluding carboxylic acids is 1. The Morgan fingerprint density at radius 1 is 1.05 bits per heavy atom. The van der Waals surface area contributed by atoms with E-state index >= 15 is 0 Å². The third-order valence-electron chi connectivity index (χ3n) is 9.08. The van der Waals surface area contributed by atoms with E-state index in [0.29, 0.717) is 36.1 Å². The Bertz CT molecular complexity index is 1220. The van der Waals surface area contributed by atoms with Gasteiger partial charge in [0.15, 0.2) is 0 Å². The highest BCUT2D eigenvalue weighted by Gasteiger charge is 2.47. The number of halogens is 2. The predicted molar refractivity (Wildman–Crippen MR) is 160 cm³/mol. The summed E-state index contributed by atoms with van der Waals surface area (Å²) >= 11 is 12.5. The Kier molecular flexibility index (Phi) is 9.89. The van der Waals surface area contributed by atoms with Gasteiger partial charge in [0.2, 0.25) is 5.91 Å². The molecular weight excluding hydrogens is 563 g/mol. The molecule has 0 aliphatic carbocycles. The maximum Gasteiger partial charge on any atom is 0.303 e. The average molecular weight is 604 g/mol. The van der Waals surface area contributed by atoms with E-state index in [1.165, 1.54) is 5.56 Å². The summed E-state index contributed by atoms with van der Waals surface area (Å²) < 4.78 is 0. The fourth-order valence-corrected chi connectivity index (χ4v) is 7.37. The van der Waals surface area contributed by atoms with Crippen LogP contribution in [0, 0.1) is 0 Å². The maximum absolute atomic E-state index is 14.3. The molecule has 3 aliphatic rings. The van der Waals surface area contributed by atoms with E-state index in [1.807, 2.05) is 40.1 Å². The number of nitrogens with zero attached hydrogens (tertiary/aromatic N) is 3. The number of benzene rings is 2. The van der Waals surface area contributed by atoms with Crippen LogP contribution in [0.15, 0.2) is 48.5 Å². The fourth-order valence-electron chi connectivity index (χ4n) is 7.06. The molecule has 6 atom stereocenters. The lowest BCUT2D eigenvalue weighted by Crippen LogP contribution is -2.56. The van der Waals surface area contributed by atoms with Crippen molar-refractivity contribution in [2.24, 2.45) is 5.73 Å². The first-order valence-corrected chi connectivity index (χ1v) is 15.4. The summed E-state index contributed by atoms with van der Waals surface area (Å²) in [5, 5.41) is 22.3. The van der Waals surface area contributed by atoms with Gasteiger partial charge in [-0.3, -0.25) is 19.4 Å². The number of likely N-dealkylation sites (tertiary alicyclic amines) is 1. The van der Waals surface area contributed by atoms with E-state index < -0.39 is 18.2 Å². The first-order chi connectivity index (χ1) is 19.7. The maximum atomic E-state index is 14.3. The predicted octanol–water partition coefficient (Wildman–Crippen LogP) is 4.32. The molecule has 10 heteroatoms. The van der Waals surface area contributed by atoms with Gasteiger partial charge in [0.05, 0.1) is 28.2 Å². The molecule has 0 aromatic heterocycles. The van der Waals surface area contributed by atoms with Gasteiger partial charge in [-0.05, 0) is 68.2 Å². The van der Waals surface area contributed by atoms with E-state index in [9.17, 15) is 19.8 Å². The van der Waals surface area contributed by atoms with Gasteiger partial charge in [0.1, 0.15) is 6.23 Å². The number of aryl methyl sites for hydroxylation is 1. The number of aliphatic hydroxyl groups excluding tert-OH is 1. The molecule has 3 saturated heterocycles. The summed E-state index contributed by atoms with van der Waals surface area (Å²) in [6.45, 7) is 1.77. The SMILES string of the molecule is N[C@@H]1C[C@H]2C(O)N([C@H](CCC(=O)O)C(=O)N3CCC[C@H]3c3ccc(Cl)c(Cl)c3)CCC(CCc3ccccc3)N2C1. The summed E-state index contributed by atoms with van der Waals surface area (Å²) in [6, 6.07) is 14.8. The van der Waals surface area contributed by atoms with Crippen molar-refractivity contribution in [1.29, 1.82) is 0 Å². The van der Waals surface area contributed by atoms with E-state index in [2.05, 4.69) is 17.0 Å². The Morgan fingerprint density at radius 3 is 2.56 bits per heavy atom. The highest BCUT2D eigenvalue weighted by atomic mass is 35.5. The highest BCUT2D eigenvalue weighted by Crippen LogP contribution is 2.38. The standard InChI is InChI=1S/C31H40Cl2N4O4/c32-24-11-9-21(17-25(24)33)26-7-4-15-35(26)30(40)27(12-13-29(38)39)36-16-14-23(10-8-20-5-2-1-3-6-20)37-19-22(34)18-28(37)31(36)41/h1-3,5-6,9,11,17,22-23,26-28,31,41H,4,7-8,10,12-16,18-19,34H2,(H,38,39)/t22-,23?,26+,27-,28+,31?/m1/s1. The van der Waals surface area contributed by atoms with E-state index in [1.54, 1.807) is 6.07 Å². The Hall–Kier alpha value is -2.20. The minimum atomic E-state index is -0.959. The first-order valence-electron chi connectivity index (χ1n) is 14.7. The molecule has 0 saturated carbocycles. The van der Waals surface area contributed by atoms with Crippen LogP contribution in [0.5, 0.6) is 0 Å². The Balaban J connectivity index is 1.39. The summed E-state index contributed by atoms with van der Waals surface area (Å²) in [7, 11) is 0. The Morgan fingerprint density at radius 2 is 1.83 bits per heavy atom. The van der Waals surface area contributed by atoms with Gasteiger partial charge in [-0.15, -0.1) is 0 Å². The number of aliphatic hydroxyl groups is 1. The zero-order valence-electron chi connectivity index (χ0n) is 23.2. The number of rotatable bonds is 9. The second-order valence-electron chi connectivity index (χ2n) is 11.7. The van der Waals surface area contributed by atoms with Crippen LogP contribution in [0.4, 0.5) is 0 Å². The number of amides is 1. The normalized spacial score (nSPS) is 27.9. The largest absolute Gasteiger partial charge is 0.481 e. The lowest BCUT2D eigenvalue weighted by Gasteiger charge is -2.39. The summed E-state index contributed by atoms with van der Waals surface area (Å²) in [5.41, 5.74) is 8.60. The number of carbonyl (C=O) groups is 2. The quantitative estimate of drug-likeness (QED) is 0.392. The van der Waals surface area contributed by atoms with E-state index in [0.717, 1.165) is 37.7 Å². The first kappa shape index (κ1) is 30.3. The van der Waals surface area contributed by atoms with Crippen molar-refractivity contribution in [1.82, 2.24) is 14.7 Å². The molecule has 2 unspecified atom stereocenters. The number of fused-ring (bicyclic) bond motifs is 1. The lowest BCUT2D eigenvalue weighted by molar-refractivity contribution is -0.147. The molecule has 222 valence electrons. The monoisotopic (exact) mass is 602 g/mol. The number of carboxylic acids is 1. The minimum absolute atomic E-state index is 0.0559. The summed E-state index contributed by atoms with van der Waals surface area (Å²) in [6.07, 6.45) is 3.91. The number of hydrogen-bond acceptors (Lipinski definition) is 6. The zero-order chi connectivity index (χ0) is 29.1. The van der Waals surface area contributed by atoms with Gasteiger partial charge < -0.3 is 20.8 Å². The molecule has 41 heavy (non-hydrogen) atoms. The second kappa shape index (κ2) is 13.4. The van der Waals surface area contributed by atoms with Gasteiger partial charge in [-0.25, -0.2) is 0 Å². The van der Waals surface area contributed by atoms with Crippen LogP contribution in [0.1, 0.15) is 62.1 Å². The molecule has 8 nitrogen and oxygen atoms in total. The number of carboxylic acid groups (broad SMARTS) is 1. The smallest absolute Gasteiger partial charge is 0.303 e. The van der Waals surface area contributed by atoms with Crippen LogP contribution >= 0.6 is 23.2 Å². The van der Waals surface area contributed by atoms with Crippen molar-refractivity contribution in [2.75, 3.05) is 19.6 Å². The van der Waals surface area contributed by atoms with Crippen LogP contribution in [0.2, 0.25) is 10.0 Å². The molecular formula is C31H40Cl2N4O4. The van der Waals surface area contributed by atoms with Gasteiger partial charge in [0.25, 0.3) is 0 Å². The van der Waals surface area contributed by atoms with Crippen LogP contribution in [0.3, 0.4) is 0 Å². The third-order valence-corrected chi connectivity index (χ3v) is 9.82. The number of hydrogen-bond donors (Lipinski definition) is 3. The van der Waals surface area contributed by atoms with Crippen LogP contribution < -0.4 is 5.73 Å². The van der Waals surface area contributed by atoms with Crippen molar-refractivity contribution >= 4 is 35.1 Å². The Labute approximate surface area is 252 Å². The fraction of sp³-hybridized carbons (Fsp3) is 0.548. The topological polar surface area (TPSA) is 110 Å². The van der Waals surface area contributed by atoms with Crippen molar-refractivity contribution in [3.05, 3.63) is 69.7 Å². The molecule has 4 N–H and O–H groups in total. The van der Waals surface area contributed by atoms with Gasteiger partial charge >= 0.3 is 5.97 Å². The van der Waals surface area contributed by atoms with Gasteiger partial charge in [0, 0.05) is 38.1 Å². The van der Waals surface area contributed by atoms with Crippen molar-refractivity contribution in [2.45, 2.75) is 87.8 Å². The average Bonchev–Trinajstić information content (AvgIpc) is 3.58. The third kappa shape index (κ3) is 6.90. The van der Waals surface area contributed by atoms with E-state index in [-0.39, 0.29) is 42.9 Å². The van der Waals surface area contributed by atoms with Crippen LogP contribution in [-0.2, 0) is 16.0 Å². The number of aliphatic carboxylic acids is 1. The molecule has 2 aromatic rings. The molecule has 5 rings (SSSR count). The zero-order valence-corrected chi connectivity index (χ0v) is 24.8. The lowest BCUT2D eigenvalue weighted by atomic mass is 10.0. The van der Waals surface area contributed by atoms with Crippen molar-refractivity contribution < 1.29 is 19.8 Å². The second-order valence-corrected chi connectivity index (χ2v) is 12.5. The van der Waals surface area contributed by atoms with Crippen LogP contribution in [-0.4, -0.2) is 86.8 Å². The van der Waals surface area contributed by atoms with Crippen LogP contribution in [0.25, 0.3) is 0 Å². The molecule has 2 aromatic carbocycles. The van der Waals surface area contributed by atoms with Gasteiger partial charge in [-0.1, -0.05) is 59.6 Å². The summed E-state index contributed by atoms with van der Waals surface area (Å²) in [5.74, 6) is -1.10. The van der Waals surface area contributed by atoms with Crippen molar-refractivity contribution in [3.63, 3.8) is 0 Å². The molecule has 3 fully saturated rings. The highest BCUT2D eigenvalue weighted by molar-refractivity contribution is 6.42. The van der Waals surface area contributed by atoms with Crippen molar-refractivity contribution in [3.8, 4) is 0 Å². The molecule has 3 aliphatic heterocycles. The number of nitrogens with two attached hydrogens (primary N) is 1. The van der Waals surface area contributed by atoms with E-state index in [4.69, 9.17) is 28.9 Å². The molecule has 0 bridgehead atoms. The molecule has 0 radical (unpaired) electrons. The molecule has 0 spiro atoms.